The quantitative estimate of drug-likeness (QED) is 0.404. The first-order valence-electron chi connectivity index (χ1n) is 10.5. The Balaban J connectivity index is 0.000000221. The largest absolute Gasteiger partial charge is 0.385 e. The molecule has 0 spiro atoms. The van der Waals surface area contributed by atoms with Crippen LogP contribution in [0.4, 0.5) is 0 Å². The van der Waals surface area contributed by atoms with E-state index < -0.39 is 5.60 Å². The molecule has 0 heterocycles. The lowest BCUT2D eigenvalue weighted by atomic mass is 9.77. The van der Waals surface area contributed by atoms with Crippen molar-refractivity contribution in [2.45, 2.75) is 90.1 Å². The van der Waals surface area contributed by atoms with Crippen LogP contribution in [0.5, 0.6) is 0 Å². The van der Waals surface area contributed by atoms with E-state index in [-0.39, 0.29) is 10.8 Å². The third kappa shape index (κ3) is 6.59. The van der Waals surface area contributed by atoms with Crippen molar-refractivity contribution in [1.29, 1.82) is 0 Å². The van der Waals surface area contributed by atoms with Crippen LogP contribution in [0.1, 0.15) is 90.3 Å². The number of rotatable bonds is 1. The summed E-state index contributed by atoms with van der Waals surface area (Å²) >= 11 is 2.35. The molecule has 2 heteroatoms. The fraction of sp³-hybridized carbons (Fsp3) is 0.538. The van der Waals surface area contributed by atoms with Crippen LogP contribution >= 0.6 is 22.6 Å². The maximum Gasteiger partial charge on any atom is 0.0896 e. The lowest BCUT2D eigenvalue weighted by Crippen LogP contribution is -2.28. The summed E-state index contributed by atoms with van der Waals surface area (Å²) in [5.74, 6) is 0. The van der Waals surface area contributed by atoms with E-state index in [2.05, 4.69) is 113 Å². The minimum Gasteiger partial charge on any atom is -0.385 e. The minimum absolute atomic E-state index is 0.154. The highest BCUT2D eigenvalue weighted by Gasteiger charge is 2.31. The molecule has 2 aromatic rings. The molecule has 1 fully saturated rings. The molecule has 1 N–H and O–H groups in total. The van der Waals surface area contributed by atoms with Crippen LogP contribution in [0.2, 0.25) is 0 Å². The van der Waals surface area contributed by atoms with E-state index in [1.165, 1.54) is 21.1 Å². The summed E-state index contributed by atoms with van der Waals surface area (Å²) in [7, 11) is 0. The van der Waals surface area contributed by atoms with Gasteiger partial charge in [-0.25, -0.2) is 0 Å². The molecule has 0 bridgehead atoms. The maximum atomic E-state index is 10.7. The van der Waals surface area contributed by atoms with Gasteiger partial charge in [0.15, 0.2) is 0 Å². The SMILES string of the molecule is CC(C)(C)c1cccc(C2(O)CCCCC2)c1.CC(C)(C)c1cccc(I)c1. The van der Waals surface area contributed by atoms with Crippen LogP contribution in [0.15, 0.2) is 48.5 Å². The average Bonchev–Trinajstić information content (AvgIpc) is 2.62. The Morgan fingerprint density at radius 1 is 0.750 bits per heavy atom. The van der Waals surface area contributed by atoms with E-state index in [0.29, 0.717) is 0 Å². The fourth-order valence-electron chi connectivity index (χ4n) is 3.66. The Kier molecular flexibility index (Phi) is 7.77. The first-order valence-corrected chi connectivity index (χ1v) is 11.6. The van der Waals surface area contributed by atoms with Gasteiger partial charge >= 0.3 is 0 Å². The van der Waals surface area contributed by atoms with Crippen LogP contribution in [0.25, 0.3) is 0 Å². The van der Waals surface area contributed by atoms with Crippen LogP contribution in [-0.2, 0) is 16.4 Å². The molecule has 3 rings (SSSR count). The van der Waals surface area contributed by atoms with Crippen molar-refractivity contribution in [2.24, 2.45) is 0 Å². The molecular weight excluding hydrogens is 455 g/mol. The summed E-state index contributed by atoms with van der Waals surface area (Å²) in [5.41, 5.74) is 3.70. The highest BCUT2D eigenvalue weighted by atomic mass is 127. The zero-order chi connectivity index (χ0) is 21.0. The van der Waals surface area contributed by atoms with E-state index in [9.17, 15) is 5.11 Å². The van der Waals surface area contributed by atoms with E-state index in [1.807, 2.05) is 0 Å². The molecule has 1 aliphatic carbocycles. The molecule has 0 unspecified atom stereocenters. The number of hydrogen-bond donors (Lipinski definition) is 1. The number of aliphatic hydroxyl groups is 1. The van der Waals surface area contributed by atoms with Crippen molar-refractivity contribution in [3.8, 4) is 0 Å². The van der Waals surface area contributed by atoms with Gasteiger partial charge < -0.3 is 5.11 Å². The van der Waals surface area contributed by atoms with Crippen molar-refractivity contribution < 1.29 is 5.11 Å². The predicted molar refractivity (Wildman–Crippen MR) is 130 cm³/mol. The van der Waals surface area contributed by atoms with Gasteiger partial charge in [0, 0.05) is 3.57 Å². The van der Waals surface area contributed by atoms with E-state index in [4.69, 9.17) is 0 Å². The molecule has 154 valence electrons. The average molecular weight is 492 g/mol. The second-order valence-electron chi connectivity index (χ2n) is 10.2. The van der Waals surface area contributed by atoms with Crippen molar-refractivity contribution in [1.82, 2.24) is 0 Å². The lowest BCUT2D eigenvalue weighted by molar-refractivity contribution is -0.000732. The summed E-state index contributed by atoms with van der Waals surface area (Å²) in [6, 6.07) is 17.2. The molecule has 0 amide bonds. The summed E-state index contributed by atoms with van der Waals surface area (Å²) in [6.45, 7) is 13.4. The van der Waals surface area contributed by atoms with Crippen LogP contribution in [-0.4, -0.2) is 5.11 Å². The Labute approximate surface area is 186 Å². The highest BCUT2D eigenvalue weighted by Crippen LogP contribution is 2.38. The second kappa shape index (κ2) is 9.30. The molecule has 2 aromatic carbocycles. The number of halogens is 1. The predicted octanol–water partition coefficient (Wildman–Crippen LogP) is 7.72. The standard InChI is InChI=1S/C16H24O.C10H13I/c1-15(2,3)13-8-7-9-14(12-13)16(17)10-5-4-6-11-16;1-10(2,3)8-5-4-6-9(11)7-8/h7-9,12,17H,4-6,10-11H2,1-3H3;4-7H,1-3H3. The molecule has 1 aliphatic rings. The topological polar surface area (TPSA) is 20.2 Å². The number of benzene rings is 2. The Hall–Kier alpha value is -0.870. The summed E-state index contributed by atoms with van der Waals surface area (Å²) < 4.78 is 1.31. The van der Waals surface area contributed by atoms with Gasteiger partial charge in [0.25, 0.3) is 0 Å². The monoisotopic (exact) mass is 492 g/mol. The fourth-order valence-corrected chi connectivity index (χ4v) is 4.20. The van der Waals surface area contributed by atoms with Crippen molar-refractivity contribution in [2.75, 3.05) is 0 Å². The van der Waals surface area contributed by atoms with Crippen LogP contribution in [0.3, 0.4) is 0 Å². The Morgan fingerprint density at radius 2 is 1.25 bits per heavy atom. The lowest BCUT2D eigenvalue weighted by Gasteiger charge is -2.33. The number of hydrogen-bond acceptors (Lipinski definition) is 1. The van der Waals surface area contributed by atoms with Gasteiger partial charge in [-0.15, -0.1) is 0 Å². The van der Waals surface area contributed by atoms with Crippen molar-refractivity contribution in [3.05, 3.63) is 68.8 Å². The molecule has 1 nitrogen and oxygen atoms in total. The second-order valence-corrected chi connectivity index (χ2v) is 11.4. The van der Waals surface area contributed by atoms with Gasteiger partial charge in [0.05, 0.1) is 5.60 Å². The molecular formula is C26H37IO. The van der Waals surface area contributed by atoms with Crippen molar-refractivity contribution in [3.63, 3.8) is 0 Å². The first-order chi connectivity index (χ1) is 12.9. The molecule has 0 radical (unpaired) electrons. The van der Waals surface area contributed by atoms with Crippen LogP contribution < -0.4 is 0 Å². The van der Waals surface area contributed by atoms with E-state index in [0.717, 1.165) is 31.2 Å². The Morgan fingerprint density at radius 3 is 1.71 bits per heavy atom. The molecule has 1 saturated carbocycles. The van der Waals surface area contributed by atoms with E-state index in [1.54, 1.807) is 0 Å². The van der Waals surface area contributed by atoms with Gasteiger partial charge in [0.2, 0.25) is 0 Å². The van der Waals surface area contributed by atoms with Gasteiger partial charge in [-0.3, -0.25) is 0 Å². The molecule has 0 aliphatic heterocycles. The first kappa shape index (κ1) is 23.4. The Bertz CT molecular complexity index is 758. The van der Waals surface area contributed by atoms with Gasteiger partial charge in [0.1, 0.15) is 0 Å². The normalized spacial score (nSPS) is 16.9. The molecule has 0 atom stereocenters. The zero-order valence-corrected chi connectivity index (χ0v) is 20.6. The third-order valence-electron chi connectivity index (χ3n) is 5.64. The molecule has 0 saturated heterocycles. The minimum atomic E-state index is -0.570. The summed E-state index contributed by atoms with van der Waals surface area (Å²) in [5, 5.41) is 10.7. The van der Waals surface area contributed by atoms with Gasteiger partial charge in [-0.2, -0.15) is 0 Å². The van der Waals surface area contributed by atoms with Crippen LogP contribution in [0, 0.1) is 3.57 Å². The van der Waals surface area contributed by atoms with Crippen molar-refractivity contribution >= 4 is 22.6 Å². The maximum absolute atomic E-state index is 10.7. The van der Waals surface area contributed by atoms with Gasteiger partial charge in [-0.05, 0) is 75.1 Å². The molecule has 0 aromatic heterocycles. The van der Waals surface area contributed by atoms with Gasteiger partial charge in [-0.1, -0.05) is 97.2 Å². The zero-order valence-electron chi connectivity index (χ0n) is 18.5. The third-order valence-corrected chi connectivity index (χ3v) is 6.31. The molecule has 28 heavy (non-hydrogen) atoms. The summed E-state index contributed by atoms with van der Waals surface area (Å²) in [6.07, 6.45) is 5.40. The summed E-state index contributed by atoms with van der Waals surface area (Å²) in [4.78, 5) is 0. The highest BCUT2D eigenvalue weighted by molar-refractivity contribution is 14.1. The smallest absolute Gasteiger partial charge is 0.0896 e. The van der Waals surface area contributed by atoms with E-state index >= 15 is 0 Å².